The minimum absolute atomic E-state index is 0.485. The van der Waals surface area contributed by atoms with Gasteiger partial charge in [0.2, 0.25) is 0 Å². The molecule has 2 aliphatic heterocycles. The van der Waals surface area contributed by atoms with E-state index in [1.807, 2.05) is 42.6 Å². The monoisotopic (exact) mass is 630 g/mol. The van der Waals surface area contributed by atoms with E-state index in [1.165, 1.54) is 32.7 Å². The number of rotatable bonds is 4. The van der Waals surface area contributed by atoms with Gasteiger partial charge >= 0.3 is 0 Å². The summed E-state index contributed by atoms with van der Waals surface area (Å²) in [6, 6.07) is 49.1. The smallest absolute Gasteiger partial charge is 0.170 e. The number of nitrogens with zero attached hydrogens (tertiary/aromatic N) is 2. The maximum Gasteiger partial charge on any atom is 0.170 e. The molecule has 0 amide bonds. The van der Waals surface area contributed by atoms with Crippen LogP contribution < -0.4 is 10.6 Å². The van der Waals surface area contributed by atoms with Gasteiger partial charge in [0, 0.05) is 39.6 Å². The third-order valence-corrected chi connectivity index (χ3v) is 9.75. The van der Waals surface area contributed by atoms with Gasteiger partial charge < -0.3 is 15.1 Å². The Labute approximate surface area is 283 Å². The van der Waals surface area contributed by atoms with Crippen LogP contribution in [0.2, 0.25) is 0 Å². The van der Waals surface area contributed by atoms with Gasteiger partial charge in [0.1, 0.15) is 22.8 Å². The van der Waals surface area contributed by atoms with Crippen molar-refractivity contribution in [3.05, 3.63) is 174 Å². The summed E-state index contributed by atoms with van der Waals surface area (Å²) in [6.45, 7) is 0.766. The number of aliphatic imine (C=N–C) groups is 2. The molecular weight excluding hydrogens is 601 g/mol. The molecule has 5 heteroatoms. The first kappa shape index (κ1) is 27.6. The first-order valence-corrected chi connectivity index (χ1v) is 16.6. The molecular formula is C44H30N4O. The highest BCUT2D eigenvalue weighted by molar-refractivity contribution is 6.17. The Bertz CT molecular complexity index is 2630. The van der Waals surface area contributed by atoms with Crippen LogP contribution in [0.15, 0.2) is 160 Å². The summed E-state index contributed by atoms with van der Waals surface area (Å²) in [5.41, 5.74) is 9.29. The number of benzene rings is 7. The minimum Gasteiger partial charge on any atom is -0.455 e. The molecule has 2 aliphatic rings. The normalized spacial score (nSPS) is 14.4. The Morgan fingerprint density at radius 2 is 1.31 bits per heavy atom. The summed E-state index contributed by atoms with van der Waals surface area (Å²) >= 11 is 0. The molecule has 1 aromatic heterocycles. The van der Waals surface area contributed by atoms with Gasteiger partial charge in [-0.05, 0) is 68.7 Å². The Hall–Kier alpha value is -6.46. The predicted octanol–water partition coefficient (Wildman–Crippen LogP) is 10.1. The van der Waals surface area contributed by atoms with Crippen LogP contribution >= 0.6 is 0 Å². The van der Waals surface area contributed by atoms with Gasteiger partial charge in [-0.15, -0.1) is 0 Å². The zero-order valence-electron chi connectivity index (χ0n) is 26.5. The van der Waals surface area contributed by atoms with E-state index < -0.39 is 6.17 Å². The molecule has 0 aliphatic carbocycles. The van der Waals surface area contributed by atoms with E-state index in [9.17, 15) is 0 Å². The van der Waals surface area contributed by atoms with Crippen LogP contribution in [-0.4, -0.2) is 11.7 Å². The Morgan fingerprint density at radius 1 is 0.592 bits per heavy atom. The molecule has 2 N–H and O–H groups in total. The van der Waals surface area contributed by atoms with Crippen molar-refractivity contribution in [3.8, 4) is 11.1 Å². The van der Waals surface area contributed by atoms with Crippen LogP contribution in [-0.2, 0) is 6.54 Å². The first-order valence-electron chi connectivity index (χ1n) is 16.6. The van der Waals surface area contributed by atoms with Gasteiger partial charge in [-0.2, -0.15) is 0 Å². The molecule has 0 unspecified atom stereocenters. The van der Waals surface area contributed by atoms with E-state index in [4.69, 9.17) is 14.4 Å². The van der Waals surface area contributed by atoms with E-state index in [1.54, 1.807) is 0 Å². The number of fused-ring (bicyclic) bond motifs is 7. The van der Waals surface area contributed by atoms with Gasteiger partial charge in [0.25, 0.3) is 0 Å². The van der Waals surface area contributed by atoms with E-state index >= 15 is 0 Å². The summed E-state index contributed by atoms with van der Waals surface area (Å²) in [5, 5.41) is 14.0. The standard InChI is InChI=1S/C44H30N4O/c1-3-10-28(11-4-1)42-46-43(29-12-5-2-6-13-29)48-44(47-42)37-20-19-36(32-17-18-35-31(23-32)16-15-27-9-7-8-14-34(27)35)41-40(37)38-24-33-26-45-22-21-30(33)25-39(38)49-41/h1-25,44-45H,26H2,(H,46,47,48). The van der Waals surface area contributed by atoms with E-state index in [2.05, 4.69) is 120 Å². The summed E-state index contributed by atoms with van der Waals surface area (Å²) in [4.78, 5) is 10.5. The van der Waals surface area contributed by atoms with Gasteiger partial charge in [0.15, 0.2) is 6.17 Å². The van der Waals surface area contributed by atoms with Gasteiger partial charge in [-0.1, -0.05) is 121 Å². The summed E-state index contributed by atoms with van der Waals surface area (Å²) in [7, 11) is 0. The molecule has 0 atom stereocenters. The Kier molecular flexibility index (Phi) is 6.24. The average molecular weight is 631 g/mol. The molecule has 8 aromatic rings. The third-order valence-electron chi connectivity index (χ3n) is 9.75. The zero-order chi connectivity index (χ0) is 32.3. The van der Waals surface area contributed by atoms with Crippen LogP contribution in [0.4, 0.5) is 0 Å². The van der Waals surface area contributed by atoms with Crippen LogP contribution in [0, 0.1) is 0 Å². The Morgan fingerprint density at radius 3 is 2.10 bits per heavy atom. The second-order valence-corrected chi connectivity index (χ2v) is 12.7. The highest BCUT2D eigenvalue weighted by Gasteiger charge is 2.26. The highest BCUT2D eigenvalue weighted by Crippen LogP contribution is 2.43. The lowest BCUT2D eigenvalue weighted by Crippen LogP contribution is -2.36. The largest absolute Gasteiger partial charge is 0.455 e. The number of hydrogen-bond donors (Lipinski definition) is 2. The SMILES string of the molecule is C1=Cc2cc3oc4c(-c5ccc6c(ccc7ccccc76)c5)ccc(C5N=C(c6ccccc6)NC(c6ccccc6)=N5)c4c3cc2CN1. The molecule has 7 aromatic carbocycles. The lowest BCUT2D eigenvalue weighted by Gasteiger charge is -2.23. The average Bonchev–Trinajstić information content (AvgIpc) is 3.55. The molecule has 0 fully saturated rings. The zero-order valence-corrected chi connectivity index (χ0v) is 26.5. The maximum atomic E-state index is 6.87. The van der Waals surface area contributed by atoms with Crippen LogP contribution in [0.1, 0.15) is 34.0 Å². The first-order chi connectivity index (χ1) is 24.3. The van der Waals surface area contributed by atoms with Crippen molar-refractivity contribution in [3.63, 3.8) is 0 Å². The number of furan rings is 1. The topological polar surface area (TPSA) is 61.9 Å². The quantitative estimate of drug-likeness (QED) is 0.190. The highest BCUT2D eigenvalue weighted by atomic mass is 16.3. The molecule has 49 heavy (non-hydrogen) atoms. The van der Waals surface area contributed by atoms with Crippen LogP contribution in [0.25, 0.3) is 60.7 Å². The summed E-state index contributed by atoms with van der Waals surface area (Å²) < 4.78 is 6.87. The van der Waals surface area contributed by atoms with Crippen molar-refractivity contribution in [2.75, 3.05) is 0 Å². The molecule has 5 nitrogen and oxygen atoms in total. The second kappa shape index (κ2) is 11.1. The molecule has 0 saturated heterocycles. The fourth-order valence-corrected chi connectivity index (χ4v) is 7.34. The van der Waals surface area contributed by atoms with E-state index in [-0.39, 0.29) is 0 Å². The molecule has 0 radical (unpaired) electrons. The van der Waals surface area contributed by atoms with Crippen LogP contribution in [0.3, 0.4) is 0 Å². The molecule has 0 spiro atoms. The van der Waals surface area contributed by atoms with Gasteiger partial charge in [-0.25, -0.2) is 9.98 Å². The lowest BCUT2D eigenvalue weighted by molar-refractivity contribution is 0.668. The molecule has 0 bridgehead atoms. The number of nitrogens with one attached hydrogen (secondary N) is 2. The molecule has 232 valence electrons. The Balaban J connectivity index is 1.22. The molecule has 0 saturated carbocycles. The van der Waals surface area contributed by atoms with Crippen LogP contribution in [0.5, 0.6) is 0 Å². The van der Waals surface area contributed by atoms with Gasteiger partial charge in [0.05, 0.1) is 0 Å². The fraction of sp³-hybridized carbons (Fsp3) is 0.0455. The number of amidine groups is 2. The van der Waals surface area contributed by atoms with Crippen molar-refractivity contribution in [2.45, 2.75) is 12.7 Å². The lowest BCUT2D eigenvalue weighted by atomic mass is 9.93. The van der Waals surface area contributed by atoms with Crippen molar-refractivity contribution in [2.24, 2.45) is 9.98 Å². The summed E-state index contributed by atoms with van der Waals surface area (Å²) in [6.07, 6.45) is 3.63. The molecule has 3 heterocycles. The maximum absolute atomic E-state index is 6.87. The van der Waals surface area contributed by atoms with Crippen molar-refractivity contribution in [1.82, 2.24) is 10.6 Å². The number of hydrogen-bond acceptors (Lipinski definition) is 5. The van der Waals surface area contributed by atoms with Crippen molar-refractivity contribution < 1.29 is 4.42 Å². The van der Waals surface area contributed by atoms with E-state index in [0.29, 0.717) is 0 Å². The van der Waals surface area contributed by atoms with Gasteiger partial charge in [-0.3, -0.25) is 0 Å². The van der Waals surface area contributed by atoms with Crippen molar-refractivity contribution in [1.29, 1.82) is 0 Å². The second-order valence-electron chi connectivity index (χ2n) is 12.7. The minimum atomic E-state index is -0.485. The van der Waals surface area contributed by atoms with Crippen molar-refractivity contribution >= 4 is 61.2 Å². The summed E-state index contributed by atoms with van der Waals surface area (Å²) in [5.74, 6) is 1.58. The van der Waals surface area contributed by atoms with E-state index in [0.717, 1.165) is 68.0 Å². The molecule has 10 rings (SSSR count). The fourth-order valence-electron chi connectivity index (χ4n) is 7.34. The predicted molar refractivity (Wildman–Crippen MR) is 202 cm³/mol. The third kappa shape index (κ3) is 4.62.